The lowest BCUT2D eigenvalue weighted by molar-refractivity contribution is 0.255. The number of nitrogens with one attached hydrogen (secondary N) is 1. The Kier molecular flexibility index (Phi) is 2.52. The highest BCUT2D eigenvalue weighted by Crippen LogP contribution is 2.20. The summed E-state index contributed by atoms with van der Waals surface area (Å²) in [4.78, 5) is 10.4. The monoisotopic (exact) mass is 230 g/mol. The number of H-pyrrole nitrogens is 1. The molecule has 1 unspecified atom stereocenters. The maximum absolute atomic E-state index is 5.76. The summed E-state index contributed by atoms with van der Waals surface area (Å²) in [5, 5.41) is 0. The molecular formula is C13H18N4. The van der Waals surface area contributed by atoms with Crippen LogP contribution in [0, 0.1) is 0 Å². The third-order valence-electron chi connectivity index (χ3n) is 3.60. The number of imidazole rings is 1. The van der Waals surface area contributed by atoms with Gasteiger partial charge in [-0.1, -0.05) is 0 Å². The minimum absolute atomic E-state index is 0.674. The van der Waals surface area contributed by atoms with Gasteiger partial charge in [-0.2, -0.15) is 0 Å². The van der Waals surface area contributed by atoms with E-state index in [9.17, 15) is 0 Å². The van der Waals surface area contributed by atoms with Crippen molar-refractivity contribution in [2.24, 2.45) is 0 Å². The van der Waals surface area contributed by atoms with Crippen molar-refractivity contribution in [3.63, 3.8) is 0 Å². The van der Waals surface area contributed by atoms with Gasteiger partial charge in [0, 0.05) is 11.7 Å². The first-order valence-corrected chi connectivity index (χ1v) is 6.20. The molecule has 0 amide bonds. The highest BCUT2D eigenvalue weighted by atomic mass is 15.2. The van der Waals surface area contributed by atoms with Gasteiger partial charge in [0.1, 0.15) is 5.82 Å². The van der Waals surface area contributed by atoms with E-state index in [2.05, 4.69) is 21.8 Å². The molecule has 90 valence electrons. The maximum atomic E-state index is 5.76. The number of fused-ring (bicyclic) bond motifs is 1. The predicted molar refractivity (Wildman–Crippen MR) is 69.6 cm³/mol. The third kappa shape index (κ3) is 2.00. The van der Waals surface area contributed by atoms with Gasteiger partial charge in [0.05, 0.1) is 17.6 Å². The molecule has 0 spiro atoms. The van der Waals surface area contributed by atoms with Crippen molar-refractivity contribution in [3.05, 3.63) is 24.0 Å². The van der Waals surface area contributed by atoms with Gasteiger partial charge in [-0.15, -0.1) is 0 Å². The molecule has 17 heavy (non-hydrogen) atoms. The molecule has 0 bridgehead atoms. The zero-order valence-electron chi connectivity index (χ0n) is 10.1. The van der Waals surface area contributed by atoms with Crippen LogP contribution in [0.2, 0.25) is 0 Å². The van der Waals surface area contributed by atoms with Gasteiger partial charge in [-0.05, 0) is 44.5 Å². The lowest BCUT2D eigenvalue weighted by atomic mass is 10.2. The molecule has 1 saturated heterocycles. The Balaban J connectivity index is 1.85. The van der Waals surface area contributed by atoms with Crippen molar-refractivity contribution in [1.82, 2.24) is 14.9 Å². The number of anilines is 1. The highest BCUT2D eigenvalue weighted by molar-refractivity contribution is 5.78. The Hall–Kier alpha value is -1.55. The number of nitrogen functional groups attached to an aromatic ring is 1. The van der Waals surface area contributed by atoms with Crippen molar-refractivity contribution in [2.45, 2.75) is 32.4 Å². The first-order valence-electron chi connectivity index (χ1n) is 6.20. The van der Waals surface area contributed by atoms with Crippen molar-refractivity contribution in [1.29, 1.82) is 0 Å². The van der Waals surface area contributed by atoms with E-state index in [-0.39, 0.29) is 0 Å². The SMILES string of the molecule is CC1CCCN1Cc1nc2ccc(N)cc2[nH]1. The molecule has 4 nitrogen and oxygen atoms in total. The molecule has 1 aliphatic heterocycles. The number of aromatic nitrogens is 2. The number of hydrogen-bond acceptors (Lipinski definition) is 3. The lowest BCUT2D eigenvalue weighted by Crippen LogP contribution is -2.26. The van der Waals surface area contributed by atoms with Gasteiger partial charge in [0.15, 0.2) is 0 Å². The minimum atomic E-state index is 0.674. The van der Waals surface area contributed by atoms with Crippen molar-refractivity contribution in [2.75, 3.05) is 12.3 Å². The second-order valence-electron chi connectivity index (χ2n) is 4.92. The fourth-order valence-corrected chi connectivity index (χ4v) is 2.57. The van der Waals surface area contributed by atoms with E-state index in [0.29, 0.717) is 6.04 Å². The average Bonchev–Trinajstić information content (AvgIpc) is 2.85. The molecule has 1 aromatic heterocycles. The predicted octanol–water partition coefficient (Wildman–Crippen LogP) is 2.13. The molecule has 0 radical (unpaired) electrons. The molecule has 1 fully saturated rings. The minimum Gasteiger partial charge on any atom is -0.399 e. The number of rotatable bonds is 2. The van der Waals surface area contributed by atoms with Crippen LogP contribution in [0.4, 0.5) is 5.69 Å². The summed E-state index contributed by atoms with van der Waals surface area (Å²) in [6, 6.07) is 6.48. The van der Waals surface area contributed by atoms with Gasteiger partial charge in [0.2, 0.25) is 0 Å². The van der Waals surface area contributed by atoms with Gasteiger partial charge >= 0.3 is 0 Å². The largest absolute Gasteiger partial charge is 0.399 e. The van der Waals surface area contributed by atoms with Crippen molar-refractivity contribution >= 4 is 16.7 Å². The van der Waals surface area contributed by atoms with Crippen LogP contribution in [-0.2, 0) is 6.54 Å². The number of nitrogens with two attached hydrogens (primary N) is 1. The van der Waals surface area contributed by atoms with E-state index in [0.717, 1.165) is 29.1 Å². The van der Waals surface area contributed by atoms with E-state index >= 15 is 0 Å². The number of hydrogen-bond donors (Lipinski definition) is 2. The highest BCUT2D eigenvalue weighted by Gasteiger charge is 2.21. The molecule has 2 heterocycles. The summed E-state index contributed by atoms with van der Waals surface area (Å²) < 4.78 is 0. The summed E-state index contributed by atoms with van der Waals surface area (Å²) in [6.07, 6.45) is 2.60. The van der Waals surface area contributed by atoms with Crippen LogP contribution in [0.5, 0.6) is 0 Å². The van der Waals surface area contributed by atoms with Gasteiger partial charge in [0.25, 0.3) is 0 Å². The van der Waals surface area contributed by atoms with Crippen LogP contribution < -0.4 is 5.73 Å². The second-order valence-corrected chi connectivity index (χ2v) is 4.92. The first-order chi connectivity index (χ1) is 8.22. The molecule has 0 saturated carbocycles. The van der Waals surface area contributed by atoms with Crippen LogP contribution in [-0.4, -0.2) is 27.5 Å². The van der Waals surface area contributed by atoms with Gasteiger partial charge in [-0.3, -0.25) is 4.90 Å². The number of nitrogens with zero attached hydrogens (tertiary/aromatic N) is 2. The summed E-state index contributed by atoms with van der Waals surface area (Å²) in [7, 11) is 0. The standard InChI is InChI=1S/C13H18N4/c1-9-3-2-6-17(9)8-13-15-11-5-4-10(14)7-12(11)16-13/h4-5,7,9H,2-3,6,8,14H2,1H3,(H,15,16). The Bertz CT molecular complexity index is 531. The second kappa shape index (κ2) is 4.04. The molecule has 3 N–H and O–H groups in total. The molecule has 0 aliphatic carbocycles. The van der Waals surface area contributed by atoms with E-state index in [4.69, 9.17) is 5.73 Å². The Morgan fingerprint density at radius 1 is 1.53 bits per heavy atom. The summed E-state index contributed by atoms with van der Waals surface area (Å²) in [5.41, 5.74) is 8.58. The molecule has 1 aromatic carbocycles. The van der Waals surface area contributed by atoms with Crippen molar-refractivity contribution < 1.29 is 0 Å². The molecule has 1 atom stereocenters. The van der Waals surface area contributed by atoms with Gasteiger partial charge in [-0.25, -0.2) is 4.98 Å². The third-order valence-corrected chi connectivity index (χ3v) is 3.60. The lowest BCUT2D eigenvalue weighted by Gasteiger charge is -2.19. The topological polar surface area (TPSA) is 57.9 Å². The molecule has 2 aromatic rings. The Labute approximate surface area is 101 Å². The number of aromatic amines is 1. The average molecular weight is 230 g/mol. The fourth-order valence-electron chi connectivity index (χ4n) is 2.57. The quantitative estimate of drug-likeness (QED) is 0.777. The van der Waals surface area contributed by atoms with E-state index in [1.807, 2.05) is 18.2 Å². The van der Waals surface area contributed by atoms with Gasteiger partial charge < -0.3 is 10.7 Å². The van der Waals surface area contributed by atoms with Crippen LogP contribution in [0.15, 0.2) is 18.2 Å². The van der Waals surface area contributed by atoms with Crippen LogP contribution in [0.3, 0.4) is 0 Å². The molecule has 3 rings (SSSR count). The zero-order chi connectivity index (χ0) is 11.8. The van der Waals surface area contributed by atoms with E-state index in [1.165, 1.54) is 19.4 Å². The van der Waals surface area contributed by atoms with Crippen LogP contribution in [0.1, 0.15) is 25.6 Å². The van der Waals surface area contributed by atoms with E-state index in [1.54, 1.807) is 0 Å². The zero-order valence-corrected chi connectivity index (χ0v) is 10.1. The van der Waals surface area contributed by atoms with Crippen molar-refractivity contribution in [3.8, 4) is 0 Å². The fraction of sp³-hybridized carbons (Fsp3) is 0.462. The summed E-state index contributed by atoms with van der Waals surface area (Å²) in [6.45, 7) is 4.38. The number of benzene rings is 1. The maximum Gasteiger partial charge on any atom is 0.121 e. The smallest absolute Gasteiger partial charge is 0.121 e. The first kappa shape index (κ1) is 10.6. The van der Waals surface area contributed by atoms with Crippen LogP contribution >= 0.6 is 0 Å². The summed E-state index contributed by atoms with van der Waals surface area (Å²) in [5.74, 6) is 1.04. The van der Waals surface area contributed by atoms with Crippen LogP contribution in [0.25, 0.3) is 11.0 Å². The summed E-state index contributed by atoms with van der Waals surface area (Å²) >= 11 is 0. The molecular weight excluding hydrogens is 212 g/mol. The Morgan fingerprint density at radius 2 is 2.41 bits per heavy atom. The normalized spacial score (nSPS) is 21.4. The molecule has 1 aliphatic rings. The Morgan fingerprint density at radius 3 is 3.18 bits per heavy atom. The van der Waals surface area contributed by atoms with E-state index < -0.39 is 0 Å². The molecule has 4 heteroatoms. The number of likely N-dealkylation sites (tertiary alicyclic amines) is 1.